The van der Waals surface area contributed by atoms with Crippen LogP contribution in [0.15, 0.2) is 64.2 Å². The quantitative estimate of drug-likeness (QED) is 0.669. The maximum Gasteiger partial charge on any atom is 0.277 e. The molecule has 0 saturated heterocycles. The molecule has 0 bridgehead atoms. The van der Waals surface area contributed by atoms with Gasteiger partial charge < -0.3 is 9.32 Å². The summed E-state index contributed by atoms with van der Waals surface area (Å²) >= 11 is 1.28. The predicted octanol–water partition coefficient (Wildman–Crippen LogP) is 3.81. The molecule has 1 atom stereocenters. The second-order valence-electron chi connectivity index (χ2n) is 5.97. The molecule has 1 aromatic heterocycles. The Labute approximate surface area is 150 Å². The smallest absolute Gasteiger partial charge is 0.277 e. The first-order valence-corrected chi connectivity index (χ1v) is 9.12. The average molecular weight is 351 g/mol. The molecule has 0 fully saturated rings. The van der Waals surface area contributed by atoms with E-state index in [9.17, 15) is 4.79 Å². The van der Waals surface area contributed by atoms with E-state index < -0.39 is 0 Å². The van der Waals surface area contributed by atoms with Crippen molar-refractivity contribution in [2.75, 3.05) is 10.7 Å². The van der Waals surface area contributed by atoms with Crippen LogP contribution in [-0.2, 0) is 11.2 Å². The van der Waals surface area contributed by atoms with E-state index >= 15 is 0 Å². The first-order valence-electron chi connectivity index (χ1n) is 8.14. The Morgan fingerprint density at radius 2 is 1.92 bits per heavy atom. The summed E-state index contributed by atoms with van der Waals surface area (Å²) in [6, 6.07) is 17.8. The molecule has 2 aromatic carbocycles. The number of nitrogens with zero attached hydrogens (tertiary/aromatic N) is 3. The van der Waals surface area contributed by atoms with Gasteiger partial charge in [-0.15, -0.1) is 10.2 Å². The van der Waals surface area contributed by atoms with E-state index in [0.29, 0.717) is 11.1 Å². The van der Waals surface area contributed by atoms with Crippen molar-refractivity contribution in [3.8, 4) is 11.5 Å². The molecule has 5 nitrogen and oxygen atoms in total. The van der Waals surface area contributed by atoms with Crippen molar-refractivity contribution in [3.63, 3.8) is 0 Å². The summed E-state index contributed by atoms with van der Waals surface area (Å²) < 4.78 is 5.65. The molecule has 0 aliphatic carbocycles. The zero-order valence-corrected chi connectivity index (χ0v) is 14.6. The lowest BCUT2D eigenvalue weighted by atomic mass is 10.1. The maximum absolute atomic E-state index is 12.7. The molecule has 0 N–H and O–H groups in total. The zero-order chi connectivity index (χ0) is 17.2. The molecule has 0 spiro atoms. The number of carbonyl (C=O) groups is 1. The Morgan fingerprint density at radius 3 is 2.76 bits per heavy atom. The maximum atomic E-state index is 12.7. The third-order valence-electron chi connectivity index (χ3n) is 4.22. The Morgan fingerprint density at radius 1 is 1.16 bits per heavy atom. The van der Waals surface area contributed by atoms with Crippen molar-refractivity contribution in [2.24, 2.45) is 0 Å². The van der Waals surface area contributed by atoms with E-state index in [1.165, 1.54) is 17.3 Å². The van der Waals surface area contributed by atoms with Crippen LogP contribution < -0.4 is 4.90 Å². The topological polar surface area (TPSA) is 59.2 Å². The molecule has 1 amide bonds. The first kappa shape index (κ1) is 15.9. The molecule has 1 aliphatic heterocycles. The monoisotopic (exact) mass is 351 g/mol. The van der Waals surface area contributed by atoms with Crippen LogP contribution in [0.2, 0.25) is 0 Å². The summed E-state index contributed by atoms with van der Waals surface area (Å²) in [6.07, 6.45) is 0.894. The Bertz CT molecular complexity index is 894. The number of amides is 1. The zero-order valence-electron chi connectivity index (χ0n) is 13.8. The van der Waals surface area contributed by atoms with Crippen LogP contribution in [0.1, 0.15) is 12.5 Å². The van der Waals surface area contributed by atoms with Crippen molar-refractivity contribution < 1.29 is 9.21 Å². The van der Waals surface area contributed by atoms with Gasteiger partial charge in [-0.3, -0.25) is 4.79 Å². The van der Waals surface area contributed by atoms with Crippen molar-refractivity contribution in [1.29, 1.82) is 0 Å². The van der Waals surface area contributed by atoms with Gasteiger partial charge in [0.1, 0.15) is 0 Å². The molecule has 0 radical (unpaired) electrons. The van der Waals surface area contributed by atoms with E-state index in [4.69, 9.17) is 4.42 Å². The highest BCUT2D eigenvalue weighted by atomic mass is 32.2. The summed E-state index contributed by atoms with van der Waals surface area (Å²) in [7, 11) is 0. The van der Waals surface area contributed by atoms with Gasteiger partial charge in [0, 0.05) is 17.3 Å². The number of thioether (sulfide) groups is 1. The summed E-state index contributed by atoms with van der Waals surface area (Å²) in [5.41, 5.74) is 3.10. The van der Waals surface area contributed by atoms with Crippen LogP contribution in [0.3, 0.4) is 0 Å². The molecule has 25 heavy (non-hydrogen) atoms. The van der Waals surface area contributed by atoms with Gasteiger partial charge in [0.05, 0.1) is 5.75 Å². The van der Waals surface area contributed by atoms with Crippen LogP contribution in [-0.4, -0.2) is 27.9 Å². The largest absolute Gasteiger partial charge is 0.411 e. The molecule has 3 aromatic rings. The fourth-order valence-electron chi connectivity index (χ4n) is 3.10. The molecule has 2 heterocycles. The van der Waals surface area contributed by atoms with Gasteiger partial charge >= 0.3 is 0 Å². The summed E-state index contributed by atoms with van der Waals surface area (Å²) in [5, 5.41) is 8.49. The first-order chi connectivity index (χ1) is 12.2. The third-order valence-corrected chi connectivity index (χ3v) is 5.03. The van der Waals surface area contributed by atoms with Crippen molar-refractivity contribution in [1.82, 2.24) is 10.2 Å². The number of aromatic nitrogens is 2. The van der Waals surface area contributed by atoms with Gasteiger partial charge in [-0.05, 0) is 37.1 Å². The highest BCUT2D eigenvalue weighted by molar-refractivity contribution is 7.99. The van der Waals surface area contributed by atoms with E-state index in [-0.39, 0.29) is 17.7 Å². The molecule has 4 rings (SSSR count). The van der Waals surface area contributed by atoms with Crippen molar-refractivity contribution >= 4 is 23.4 Å². The number of fused-ring (bicyclic) bond motifs is 1. The van der Waals surface area contributed by atoms with Crippen LogP contribution >= 0.6 is 11.8 Å². The Balaban J connectivity index is 1.44. The van der Waals surface area contributed by atoms with Crippen molar-refractivity contribution in [2.45, 2.75) is 24.6 Å². The van der Waals surface area contributed by atoms with Gasteiger partial charge in [-0.2, -0.15) is 0 Å². The summed E-state index contributed by atoms with van der Waals surface area (Å²) in [6.45, 7) is 2.07. The van der Waals surface area contributed by atoms with Gasteiger partial charge in [0.25, 0.3) is 5.22 Å². The van der Waals surface area contributed by atoms with E-state index in [1.807, 2.05) is 53.4 Å². The van der Waals surface area contributed by atoms with Crippen LogP contribution in [0.5, 0.6) is 0 Å². The molecule has 6 heteroatoms. The SMILES string of the molecule is C[C@@H]1Cc2ccccc2N1C(=O)CSc1nnc(-c2ccccc2)o1. The minimum absolute atomic E-state index is 0.0573. The minimum Gasteiger partial charge on any atom is -0.411 e. The van der Waals surface area contributed by atoms with Crippen LogP contribution in [0.25, 0.3) is 11.5 Å². The highest BCUT2D eigenvalue weighted by Crippen LogP contribution is 2.33. The number of para-hydroxylation sites is 1. The fraction of sp³-hybridized carbons (Fsp3) is 0.211. The standard InChI is InChI=1S/C19H17N3O2S/c1-13-11-15-9-5-6-10-16(15)22(13)17(23)12-25-19-21-20-18(24-19)14-7-3-2-4-8-14/h2-10,13H,11-12H2,1H3/t13-/m1/s1. The second-order valence-corrected chi connectivity index (χ2v) is 6.90. The number of hydrogen-bond donors (Lipinski definition) is 0. The second kappa shape index (κ2) is 6.72. The molecule has 1 aliphatic rings. The van der Waals surface area contributed by atoms with E-state index in [1.54, 1.807) is 0 Å². The Kier molecular flexibility index (Phi) is 4.28. The third kappa shape index (κ3) is 3.17. The number of rotatable bonds is 4. The normalized spacial score (nSPS) is 16.0. The number of benzene rings is 2. The van der Waals surface area contributed by atoms with Gasteiger partial charge in [0.2, 0.25) is 11.8 Å². The number of carbonyl (C=O) groups excluding carboxylic acids is 1. The van der Waals surface area contributed by atoms with Gasteiger partial charge in [0.15, 0.2) is 0 Å². The van der Waals surface area contributed by atoms with Gasteiger partial charge in [-0.1, -0.05) is 48.2 Å². The minimum atomic E-state index is 0.0573. The van der Waals surface area contributed by atoms with E-state index in [0.717, 1.165) is 17.7 Å². The lowest BCUT2D eigenvalue weighted by Gasteiger charge is -2.22. The molecule has 126 valence electrons. The molecule has 0 unspecified atom stereocenters. The fourth-order valence-corrected chi connectivity index (χ4v) is 3.73. The lowest BCUT2D eigenvalue weighted by molar-refractivity contribution is -0.116. The van der Waals surface area contributed by atoms with Crippen LogP contribution in [0.4, 0.5) is 5.69 Å². The molecular formula is C19H17N3O2S. The lowest BCUT2D eigenvalue weighted by Crippen LogP contribution is -2.36. The highest BCUT2D eigenvalue weighted by Gasteiger charge is 2.30. The summed E-state index contributed by atoms with van der Waals surface area (Å²) in [5.74, 6) is 0.798. The predicted molar refractivity (Wildman–Crippen MR) is 97.6 cm³/mol. The average Bonchev–Trinajstić information content (AvgIpc) is 3.24. The summed E-state index contributed by atoms with van der Waals surface area (Å²) in [4.78, 5) is 14.6. The van der Waals surface area contributed by atoms with Crippen LogP contribution in [0, 0.1) is 0 Å². The van der Waals surface area contributed by atoms with Crippen molar-refractivity contribution in [3.05, 3.63) is 60.2 Å². The van der Waals surface area contributed by atoms with Gasteiger partial charge in [-0.25, -0.2) is 0 Å². The molecule has 0 saturated carbocycles. The Hall–Kier alpha value is -2.60. The molecular weight excluding hydrogens is 334 g/mol. The number of anilines is 1. The number of hydrogen-bond acceptors (Lipinski definition) is 5. The van der Waals surface area contributed by atoms with E-state index in [2.05, 4.69) is 23.2 Å².